The Kier molecular flexibility index (Phi) is 5.71. The molecule has 0 aliphatic carbocycles. The minimum absolute atomic E-state index is 0.0735. The number of amides is 2. The SMILES string of the molecule is CCC(C)C(=O)Nc1ccc(C(=O)NCC(=O)O)cc1. The van der Waals surface area contributed by atoms with E-state index < -0.39 is 18.4 Å². The van der Waals surface area contributed by atoms with Gasteiger partial charge in [0.25, 0.3) is 5.91 Å². The lowest BCUT2D eigenvalue weighted by Crippen LogP contribution is -2.29. The van der Waals surface area contributed by atoms with Gasteiger partial charge in [0, 0.05) is 17.2 Å². The van der Waals surface area contributed by atoms with Crippen LogP contribution in [0.1, 0.15) is 30.6 Å². The summed E-state index contributed by atoms with van der Waals surface area (Å²) in [5.41, 5.74) is 0.942. The zero-order valence-electron chi connectivity index (χ0n) is 11.5. The van der Waals surface area contributed by atoms with Crippen LogP contribution in [0.2, 0.25) is 0 Å². The minimum Gasteiger partial charge on any atom is -0.480 e. The van der Waals surface area contributed by atoms with E-state index in [-0.39, 0.29) is 11.8 Å². The zero-order chi connectivity index (χ0) is 15.1. The van der Waals surface area contributed by atoms with Gasteiger partial charge < -0.3 is 15.7 Å². The van der Waals surface area contributed by atoms with Gasteiger partial charge in [-0.05, 0) is 30.7 Å². The Bertz CT molecular complexity index is 496. The maximum Gasteiger partial charge on any atom is 0.322 e. The summed E-state index contributed by atoms with van der Waals surface area (Å²) in [6, 6.07) is 6.28. The first-order chi connectivity index (χ1) is 9.43. The molecule has 3 N–H and O–H groups in total. The minimum atomic E-state index is -1.10. The average molecular weight is 278 g/mol. The van der Waals surface area contributed by atoms with Crippen molar-refractivity contribution in [2.75, 3.05) is 11.9 Å². The number of nitrogens with one attached hydrogen (secondary N) is 2. The molecule has 0 aromatic heterocycles. The van der Waals surface area contributed by atoms with Gasteiger partial charge in [-0.15, -0.1) is 0 Å². The van der Waals surface area contributed by atoms with Gasteiger partial charge in [0.2, 0.25) is 5.91 Å². The van der Waals surface area contributed by atoms with Crippen molar-refractivity contribution in [2.45, 2.75) is 20.3 Å². The van der Waals surface area contributed by atoms with E-state index in [2.05, 4.69) is 10.6 Å². The van der Waals surface area contributed by atoms with Crippen molar-refractivity contribution in [1.82, 2.24) is 5.32 Å². The summed E-state index contributed by atoms with van der Waals surface area (Å²) in [6.45, 7) is 3.34. The fourth-order valence-electron chi connectivity index (χ4n) is 1.41. The number of carboxylic acids is 1. The number of anilines is 1. The van der Waals surface area contributed by atoms with Crippen LogP contribution in [0.5, 0.6) is 0 Å². The van der Waals surface area contributed by atoms with E-state index in [0.29, 0.717) is 11.3 Å². The summed E-state index contributed by atoms with van der Waals surface area (Å²) in [6.07, 6.45) is 0.751. The Balaban J connectivity index is 2.62. The van der Waals surface area contributed by atoms with Gasteiger partial charge >= 0.3 is 5.97 Å². The van der Waals surface area contributed by atoms with Crippen LogP contribution in [0, 0.1) is 5.92 Å². The molecule has 6 nitrogen and oxygen atoms in total. The summed E-state index contributed by atoms with van der Waals surface area (Å²) in [5, 5.41) is 13.5. The molecule has 0 bridgehead atoms. The van der Waals surface area contributed by atoms with E-state index in [0.717, 1.165) is 6.42 Å². The monoisotopic (exact) mass is 278 g/mol. The highest BCUT2D eigenvalue weighted by molar-refractivity contribution is 5.97. The summed E-state index contributed by atoms with van der Waals surface area (Å²) in [4.78, 5) is 33.6. The maximum absolute atomic E-state index is 11.7. The fourth-order valence-corrected chi connectivity index (χ4v) is 1.41. The quantitative estimate of drug-likeness (QED) is 0.734. The third-order valence-electron chi connectivity index (χ3n) is 2.87. The van der Waals surface area contributed by atoms with Crippen LogP contribution in [0.3, 0.4) is 0 Å². The fraction of sp³-hybridized carbons (Fsp3) is 0.357. The number of hydrogen-bond donors (Lipinski definition) is 3. The third-order valence-corrected chi connectivity index (χ3v) is 2.87. The standard InChI is InChI=1S/C14H18N2O4/c1-3-9(2)13(19)16-11-6-4-10(5-7-11)14(20)15-8-12(17)18/h4-7,9H,3,8H2,1-2H3,(H,15,20)(H,16,19)(H,17,18). The molecule has 0 aliphatic rings. The Morgan fingerprint density at radius 1 is 1.20 bits per heavy atom. The van der Waals surface area contributed by atoms with Crippen molar-refractivity contribution < 1.29 is 19.5 Å². The third kappa shape index (κ3) is 4.72. The van der Waals surface area contributed by atoms with Gasteiger partial charge in [-0.2, -0.15) is 0 Å². The molecule has 0 saturated carbocycles. The lowest BCUT2D eigenvalue weighted by Gasteiger charge is -2.10. The molecule has 0 radical (unpaired) electrons. The van der Waals surface area contributed by atoms with Crippen LogP contribution in [-0.2, 0) is 9.59 Å². The summed E-state index contributed by atoms with van der Waals surface area (Å²) < 4.78 is 0. The second-order valence-electron chi connectivity index (χ2n) is 4.45. The number of carbonyl (C=O) groups is 3. The molecule has 2 amide bonds. The molecule has 0 saturated heterocycles. The normalized spacial score (nSPS) is 11.5. The molecule has 0 spiro atoms. The van der Waals surface area contributed by atoms with E-state index >= 15 is 0 Å². The molecular formula is C14H18N2O4. The maximum atomic E-state index is 11.7. The molecular weight excluding hydrogens is 260 g/mol. The van der Waals surface area contributed by atoms with E-state index in [1.165, 1.54) is 12.1 Å². The summed E-state index contributed by atoms with van der Waals surface area (Å²) >= 11 is 0. The highest BCUT2D eigenvalue weighted by Gasteiger charge is 2.11. The van der Waals surface area contributed by atoms with Gasteiger partial charge in [0.05, 0.1) is 0 Å². The molecule has 1 unspecified atom stereocenters. The van der Waals surface area contributed by atoms with E-state index in [1.807, 2.05) is 13.8 Å². The lowest BCUT2D eigenvalue weighted by atomic mass is 10.1. The molecule has 108 valence electrons. The van der Waals surface area contributed by atoms with Gasteiger partial charge in [0.1, 0.15) is 6.54 Å². The van der Waals surface area contributed by atoms with Crippen molar-refractivity contribution in [3.8, 4) is 0 Å². The second-order valence-corrected chi connectivity index (χ2v) is 4.45. The molecule has 0 fully saturated rings. The van der Waals surface area contributed by atoms with E-state index in [9.17, 15) is 14.4 Å². The number of carboxylic acid groups (broad SMARTS) is 1. The van der Waals surface area contributed by atoms with Crippen LogP contribution in [0.15, 0.2) is 24.3 Å². The predicted molar refractivity (Wildman–Crippen MR) is 74.5 cm³/mol. The van der Waals surface area contributed by atoms with Crippen molar-refractivity contribution in [1.29, 1.82) is 0 Å². The Hall–Kier alpha value is -2.37. The van der Waals surface area contributed by atoms with Crippen molar-refractivity contribution >= 4 is 23.5 Å². The van der Waals surface area contributed by atoms with Crippen LogP contribution in [0.25, 0.3) is 0 Å². The van der Waals surface area contributed by atoms with Gasteiger partial charge in [-0.3, -0.25) is 14.4 Å². The van der Waals surface area contributed by atoms with Gasteiger partial charge in [-0.25, -0.2) is 0 Å². The van der Waals surface area contributed by atoms with Crippen LogP contribution < -0.4 is 10.6 Å². The number of rotatable bonds is 6. The molecule has 0 heterocycles. The Labute approximate surface area is 117 Å². The summed E-state index contributed by atoms with van der Waals surface area (Å²) in [7, 11) is 0. The largest absolute Gasteiger partial charge is 0.480 e. The number of benzene rings is 1. The Morgan fingerprint density at radius 2 is 1.80 bits per heavy atom. The molecule has 6 heteroatoms. The first-order valence-electron chi connectivity index (χ1n) is 6.35. The predicted octanol–water partition coefficient (Wildman–Crippen LogP) is 1.49. The highest BCUT2D eigenvalue weighted by atomic mass is 16.4. The first-order valence-corrected chi connectivity index (χ1v) is 6.35. The number of aliphatic carboxylic acids is 1. The van der Waals surface area contributed by atoms with Crippen molar-refractivity contribution in [3.05, 3.63) is 29.8 Å². The summed E-state index contributed by atoms with van der Waals surface area (Å²) in [5.74, 6) is -1.72. The highest BCUT2D eigenvalue weighted by Crippen LogP contribution is 2.12. The molecule has 1 rings (SSSR count). The van der Waals surface area contributed by atoms with Crippen molar-refractivity contribution in [2.24, 2.45) is 5.92 Å². The van der Waals surface area contributed by atoms with Crippen LogP contribution >= 0.6 is 0 Å². The average Bonchev–Trinajstić information content (AvgIpc) is 2.44. The molecule has 1 atom stereocenters. The van der Waals surface area contributed by atoms with Crippen molar-refractivity contribution in [3.63, 3.8) is 0 Å². The van der Waals surface area contributed by atoms with Crippen LogP contribution in [0.4, 0.5) is 5.69 Å². The zero-order valence-corrected chi connectivity index (χ0v) is 11.5. The van der Waals surface area contributed by atoms with Gasteiger partial charge in [0.15, 0.2) is 0 Å². The molecule has 0 aliphatic heterocycles. The number of carbonyl (C=O) groups excluding carboxylic acids is 2. The smallest absolute Gasteiger partial charge is 0.322 e. The number of hydrogen-bond acceptors (Lipinski definition) is 3. The van der Waals surface area contributed by atoms with E-state index in [4.69, 9.17) is 5.11 Å². The topological polar surface area (TPSA) is 95.5 Å². The van der Waals surface area contributed by atoms with Gasteiger partial charge in [-0.1, -0.05) is 13.8 Å². The molecule has 1 aromatic carbocycles. The molecule has 1 aromatic rings. The van der Waals surface area contributed by atoms with E-state index in [1.54, 1.807) is 12.1 Å². The second kappa shape index (κ2) is 7.28. The van der Waals surface area contributed by atoms with Crippen LogP contribution in [-0.4, -0.2) is 29.4 Å². The lowest BCUT2D eigenvalue weighted by molar-refractivity contribution is -0.135. The molecule has 20 heavy (non-hydrogen) atoms. The Morgan fingerprint density at radius 3 is 2.30 bits per heavy atom. The first kappa shape index (κ1) is 15.7.